The van der Waals surface area contributed by atoms with E-state index in [2.05, 4.69) is 9.44 Å². The van der Waals surface area contributed by atoms with Crippen molar-refractivity contribution in [2.75, 3.05) is 25.4 Å². The van der Waals surface area contributed by atoms with Crippen molar-refractivity contribution in [3.05, 3.63) is 24.0 Å². The van der Waals surface area contributed by atoms with Gasteiger partial charge in [0.05, 0.1) is 5.69 Å². The number of benzene rings is 1. The average molecular weight is 381 g/mol. The molecule has 0 aliphatic heterocycles. The van der Waals surface area contributed by atoms with Crippen molar-refractivity contribution in [3.8, 4) is 0 Å². The number of sulfonamides is 2. The fourth-order valence-electron chi connectivity index (χ4n) is 1.81. The molecule has 0 aliphatic rings. The molecule has 0 saturated heterocycles. The lowest BCUT2D eigenvalue weighted by atomic mass is 10.3. The molecule has 1 atom stereocenters. The van der Waals surface area contributed by atoms with E-state index in [4.69, 9.17) is 0 Å². The second-order valence-corrected chi connectivity index (χ2v) is 8.90. The van der Waals surface area contributed by atoms with Gasteiger partial charge in [-0.2, -0.15) is 0 Å². The average Bonchev–Trinajstić information content (AvgIpc) is 2.47. The zero-order valence-electron chi connectivity index (χ0n) is 13.7. The van der Waals surface area contributed by atoms with Gasteiger partial charge in [0.25, 0.3) is 0 Å². The molecule has 0 saturated carbocycles. The molecule has 2 N–H and O–H groups in total. The Balaban J connectivity index is 3.32. The molecule has 1 aromatic rings. The van der Waals surface area contributed by atoms with Crippen molar-refractivity contribution in [1.29, 1.82) is 0 Å². The molecule has 1 unspecified atom stereocenters. The van der Waals surface area contributed by atoms with Crippen molar-refractivity contribution in [3.63, 3.8) is 0 Å². The number of nitrogens with one attached hydrogen (secondary N) is 2. The molecule has 24 heavy (non-hydrogen) atoms. The highest BCUT2D eigenvalue weighted by atomic mass is 32.2. The fraction of sp³-hybridized carbons (Fsp3) is 0.462. The van der Waals surface area contributed by atoms with E-state index in [1.165, 1.54) is 27.9 Å². The minimum Gasteiger partial charge on any atom is -0.348 e. The fourth-order valence-corrected chi connectivity index (χ4v) is 4.22. The predicted octanol–water partition coefficient (Wildman–Crippen LogP) is 0.342. The number of carbonyl (C=O) groups is 1. The van der Waals surface area contributed by atoms with Crippen LogP contribution in [0, 0.1) is 5.82 Å². The van der Waals surface area contributed by atoms with Crippen LogP contribution in [0.1, 0.15) is 13.8 Å². The van der Waals surface area contributed by atoms with Crippen LogP contribution < -0.4 is 9.44 Å². The Kier molecular flexibility index (Phi) is 6.31. The van der Waals surface area contributed by atoms with Crippen LogP contribution in [0.3, 0.4) is 0 Å². The van der Waals surface area contributed by atoms with Crippen LogP contribution in [-0.2, 0) is 24.8 Å². The smallest absolute Gasteiger partial charge is 0.244 e. The first-order valence-corrected chi connectivity index (χ1v) is 9.97. The van der Waals surface area contributed by atoms with Crippen molar-refractivity contribution < 1.29 is 26.0 Å². The third kappa shape index (κ3) is 4.65. The van der Waals surface area contributed by atoms with Gasteiger partial charge >= 0.3 is 0 Å². The highest BCUT2D eigenvalue weighted by Gasteiger charge is 2.31. The highest BCUT2D eigenvalue weighted by Crippen LogP contribution is 2.24. The molecule has 0 aliphatic carbocycles. The molecule has 136 valence electrons. The van der Waals surface area contributed by atoms with Crippen LogP contribution in [0.4, 0.5) is 10.1 Å². The maximum Gasteiger partial charge on any atom is 0.244 e. The summed E-state index contributed by atoms with van der Waals surface area (Å²) < 4.78 is 66.5. The Morgan fingerprint density at radius 3 is 2.33 bits per heavy atom. The van der Waals surface area contributed by atoms with E-state index in [1.54, 1.807) is 0 Å². The van der Waals surface area contributed by atoms with Gasteiger partial charge in [-0.3, -0.25) is 9.52 Å². The molecule has 0 spiro atoms. The number of anilines is 1. The summed E-state index contributed by atoms with van der Waals surface area (Å²) in [5.41, 5.74) is -0.337. The second kappa shape index (κ2) is 7.45. The lowest BCUT2D eigenvalue weighted by molar-refractivity contribution is -0.127. The van der Waals surface area contributed by atoms with Gasteiger partial charge in [0.1, 0.15) is 10.7 Å². The van der Waals surface area contributed by atoms with Gasteiger partial charge < -0.3 is 4.90 Å². The maximum atomic E-state index is 13.4. The second-order valence-electron chi connectivity index (χ2n) is 5.16. The van der Waals surface area contributed by atoms with Gasteiger partial charge in [0.2, 0.25) is 26.0 Å². The highest BCUT2D eigenvalue weighted by molar-refractivity contribution is 7.94. The number of halogens is 1. The van der Waals surface area contributed by atoms with Crippen molar-refractivity contribution in [1.82, 2.24) is 9.62 Å². The van der Waals surface area contributed by atoms with Crippen molar-refractivity contribution in [2.45, 2.75) is 24.0 Å². The monoisotopic (exact) mass is 381 g/mol. The van der Waals surface area contributed by atoms with Crippen LogP contribution in [-0.4, -0.2) is 53.5 Å². The van der Waals surface area contributed by atoms with Crippen LogP contribution in [0.2, 0.25) is 0 Å². The van der Waals surface area contributed by atoms with E-state index in [9.17, 15) is 26.0 Å². The molecule has 0 bridgehead atoms. The number of hydrogen-bond acceptors (Lipinski definition) is 5. The normalized spacial score (nSPS) is 13.4. The SMILES string of the molecule is CCNS(=O)(=O)c1cc(F)ccc1NS(=O)(=O)C(C)C(=O)N(C)C. The number of amides is 1. The summed E-state index contributed by atoms with van der Waals surface area (Å²) in [6.07, 6.45) is 0. The van der Waals surface area contributed by atoms with Gasteiger partial charge in [0, 0.05) is 20.6 Å². The first kappa shape index (κ1) is 20.3. The molecule has 1 amide bonds. The molecular formula is C13H20FN3O5S2. The Morgan fingerprint density at radius 1 is 1.25 bits per heavy atom. The Hall–Kier alpha value is -1.72. The van der Waals surface area contributed by atoms with Crippen molar-refractivity contribution >= 4 is 31.6 Å². The summed E-state index contributed by atoms with van der Waals surface area (Å²) >= 11 is 0. The molecule has 0 fully saturated rings. The summed E-state index contributed by atoms with van der Waals surface area (Å²) in [6, 6.07) is 2.61. The van der Waals surface area contributed by atoms with E-state index >= 15 is 0 Å². The maximum absolute atomic E-state index is 13.4. The molecule has 11 heteroatoms. The molecule has 0 heterocycles. The van der Waals surface area contributed by atoms with Crippen molar-refractivity contribution in [2.24, 2.45) is 0 Å². The minimum absolute atomic E-state index is 0.0422. The van der Waals surface area contributed by atoms with Gasteiger partial charge in [-0.15, -0.1) is 0 Å². The lowest BCUT2D eigenvalue weighted by Crippen LogP contribution is -2.40. The number of hydrogen-bond donors (Lipinski definition) is 2. The number of nitrogens with zero attached hydrogens (tertiary/aromatic N) is 1. The van der Waals surface area contributed by atoms with E-state index in [0.717, 1.165) is 17.0 Å². The zero-order chi connectivity index (χ0) is 18.7. The van der Waals surface area contributed by atoms with E-state index in [0.29, 0.717) is 6.07 Å². The molecular weight excluding hydrogens is 361 g/mol. The zero-order valence-corrected chi connectivity index (χ0v) is 15.3. The standard InChI is InChI=1S/C13H20FN3O5S2/c1-5-15-24(21,22)12-8-10(14)6-7-11(12)16-23(19,20)9(2)13(18)17(3)4/h6-9,15-16H,5H2,1-4H3. The van der Waals surface area contributed by atoms with Crippen LogP contribution in [0.25, 0.3) is 0 Å². The first-order valence-electron chi connectivity index (χ1n) is 6.94. The summed E-state index contributed by atoms with van der Waals surface area (Å²) in [7, 11) is -5.54. The minimum atomic E-state index is -4.22. The summed E-state index contributed by atoms with van der Waals surface area (Å²) in [4.78, 5) is 12.4. The van der Waals surface area contributed by atoms with Crippen LogP contribution in [0.15, 0.2) is 23.1 Å². The predicted molar refractivity (Wildman–Crippen MR) is 88.0 cm³/mol. The molecule has 0 aromatic heterocycles. The van der Waals surface area contributed by atoms with Crippen LogP contribution in [0.5, 0.6) is 0 Å². The molecule has 1 rings (SSSR count). The molecule has 0 radical (unpaired) electrons. The van der Waals surface area contributed by atoms with Gasteiger partial charge in [-0.1, -0.05) is 6.92 Å². The van der Waals surface area contributed by atoms with Gasteiger partial charge in [0.15, 0.2) is 5.25 Å². The van der Waals surface area contributed by atoms with Gasteiger partial charge in [-0.05, 0) is 25.1 Å². The summed E-state index contributed by atoms with van der Waals surface area (Å²) in [5, 5.41) is -1.45. The van der Waals surface area contributed by atoms with Gasteiger partial charge in [-0.25, -0.2) is 25.9 Å². The molecule has 8 nitrogen and oxygen atoms in total. The topological polar surface area (TPSA) is 113 Å². The quantitative estimate of drug-likeness (QED) is 0.707. The Bertz CT molecular complexity index is 822. The third-order valence-corrected chi connectivity index (χ3v) is 6.30. The van der Waals surface area contributed by atoms with E-state index in [1.807, 2.05) is 0 Å². The number of rotatable bonds is 7. The largest absolute Gasteiger partial charge is 0.348 e. The summed E-state index contributed by atoms with van der Waals surface area (Å²) in [5.74, 6) is -1.52. The van der Waals surface area contributed by atoms with Crippen LogP contribution >= 0.6 is 0 Å². The first-order chi connectivity index (χ1) is 10.9. The number of carbonyl (C=O) groups excluding carboxylic acids is 1. The Morgan fingerprint density at radius 2 is 1.83 bits per heavy atom. The Labute approximate surface area is 141 Å². The lowest BCUT2D eigenvalue weighted by Gasteiger charge is -2.19. The van der Waals surface area contributed by atoms with E-state index < -0.39 is 41.9 Å². The molecule has 1 aromatic carbocycles. The third-order valence-electron chi connectivity index (χ3n) is 3.07. The van der Waals surface area contributed by atoms with E-state index in [-0.39, 0.29) is 12.2 Å². The summed E-state index contributed by atoms with van der Waals surface area (Å²) in [6.45, 7) is 2.74.